The van der Waals surface area contributed by atoms with Crippen LogP contribution in [0.3, 0.4) is 0 Å². The summed E-state index contributed by atoms with van der Waals surface area (Å²) in [4.78, 5) is 0. The molecule has 0 amide bonds. The van der Waals surface area contributed by atoms with Crippen molar-refractivity contribution in [1.82, 2.24) is 0 Å². The summed E-state index contributed by atoms with van der Waals surface area (Å²) in [5.41, 5.74) is 0.951. The van der Waals surface area contributed by atoms with Crippen LogP contribution in [-0.2, 0) is 0 Å². The van der Waals surface area contributed by atoms with Gasteiger partial charge in [-0.1, -0.05) is 18.6 Å². The highest BCUT2D eigenvalue weighted by molar-refractivity contribution is 5.05. The molecule has 0 aromatic rings. The van der Waals surface area contributed by atoms with Gasteiger partial charge >= 0.3 is 0 Å². The van der Waals surface area contributed by atoms with E-state index in [1.54, 1.807) is 0 Å². The fourth-order valence-electron chi connectivity index (χ4n) is 3.05. The Bertz CT molecular complexity index is 197. The first kappa shape index (κ1) is 8.31. The smallest absolute Gasteiger partial charge is 0.0775 e. The minimum atomic E-state index is -0.222. The van der Waals surface area contributed by atoms with Gasteiger partial charge in [-0.2, -0.15) is 0 Å². The lowest BCUT2D eigenvalue weighted by atomic mass is 9.82. The van der Waals surface area contributed by atoms with E-state index in [0.717, 1.165) is 17.4 Å². The molecule has 2 bridgehead atoms. The Labute approximate surface area is 74.5 Å². The number of hydrogen-bond acceptors (Lipinski definition) is 1. The van der Waals surface area contributed by atoms with Gasteiger partial charge in [0.1, 0.15) is 0 Å². The Morgan fingerprint density at radius 2 is 2.17 bits per heavy atom. The minimum Gasteiger partial charge on any atom is -0.388 e. The van der Waals surface area contributed by atoms with Crippen LogP contribution in [0.4, 0.5) is 0 Å². The molecule has 2 saturated carbocycles. The number of rotatable bonds is 2. The SMILES string of the molecule is C=C(C)C(O)C1CC2CCC1C2. The Morgan fingerprint density at radius 1 is 1.42 bits per heavy atom. The van der Waals surface area contributed by atoms with Crippen LogP contribution in [0.5, 0.6) is 0 Å². The van der Waals surface area contributed by atoms with Crippen LogP contribution in [0.1, 0.15) is 32.6 Å². The molecule has 0 aliphatic heterocycles. The van der Waals surface area contributed by atoms with Gasteiger partial charge in [0, 0.05) is 0 Å². The quantitative estimate of drug-likeness (QED) is 0.624. The summed E-state index contributed by atoms with van der Waals surface area (Å²) in [5, 5.41) is 9.85. The van der Waals surface area contributed by atoms with Gasteiger partial charge in [0.25, 0.3) is 0 Å². The lowest BCUT2D eigenvalue weighted by Crippen LogP contribution is -2.26. The third-order valence-electron chi connectivity index (χ3n) is 3.70. The third-order valence-corrected chi connectivity index (χ3v) is 3.70. The van der Waals surface area contributed by atoms with Crippen LogP contribution < -0.4 is 0 Å². The summed E-state index contributed by atoms with van der Waals surface area (Å²) in [6, 6.07) is 0. The van der Waals surface area contributed by atoms with Gasteiger partial charge < -0.3 is 5.11 Å². The highest BCUT2D eigenvalue weighted by Crippen LogP contribution is 2.50. The number of aliphatic hydroxyl groups is 1. The van der Waals surface area contributed by atoms with E-state index in [2.05, 4.69) is 6.58 Å². The molecule has 2 aliphatic rings. The maximum atomic E-state index is 9.85. The Hall–Kier alpha value is -0.300. The summed E-state index contributed by atoms with van der Waals surface area (Å²) in [5.74, 6) is 2.27. The molecule has 0 heterocycles. The van der Waals surface area contributed by atoms with Crippen molar-refractivity contribution in [3.05, 3.63) is 12.2 Å². The monoisotopic (exact) mass is 166 g/mol. The first-order chi connectivity index (χ1) is 5.68. The molecule has 0 radical (unpaired) electrons. The van der Waals surface area contributed by atoms with E-state index in [4.69, 9.17) is 0 Å². The van der Waals surface area contributed by atoms with E-state index >= 15 is 0 Å². The van der Waals surface area contributed by atoms with E-state index < -0.39 is 0 Å². The molecule has 0 saturated heterocycles. The molecule has 0 aromatic heterocycles. The molecule has 2 fully saturated rings. The molecular weight excluding hydrogens is 148 g/mol. The van der Waals surface area contributed by atoms with Gasteiger partial charge in [-0.25, -0.2) is 0 Å². The number of fused-ring (bicyclic) bond motifs is 2. The van der Waals surface area contributed by atoms with E-state index in [1.165, 1.54) is 25.7 Å². The highest BCUT2D eigenvalue weighted by Gasteiger charge is 2.42. The average molecular weight is 166 g/mol. The molecule has 1 heteroatoms. The van der Waals surface area contributed by atoms with Crippen LogP contribution in [0.15, 0.2) is 12.2 Å². The van der Waals surface area contributed by atoms with Gasteiger partial charge in [-0.15, -0.1) is 0 Å². The molecule has 0 spiro atoms. The zero-order valence-corrected chi connectivity index (χ0v) is 7.79. The fourth-order valence-corrected chi connectivity index (χ4v) is 3.05. The molecule has 1 nitrogen and oxygen atoms in total. The number of hydrogen-bond donors (Lipinski definition) is 1. The van der Waals surface area contributed by atoms with Crippen LogP contribution >= 0.6 is 0 Å². The van der Waals surface area contributed by atoms with E-state index in [0.29, 0.717) is 5.92 Å². The highest BCUT2D eigenvalue weighted by atomic mass is 16.3. The second-order valence-electron chi connectivity index (χ2n) is 4.63. The fraction of sp³-hybridized carbons (Fsp3) is 0.818. The predicted molar refractivity (Wildman–Crippen MR) is 49.8 cm³/mol. The molecule has 68 valence electrons. The molecule has 1 N–H and O–H groups in total. The first-order valence-corrected chi connectivity index (χ1v) is 5.02. The van der Waals surface area contributed by atoms with Gasteiger partial charge in [0.15, 0.2) is 0 Å². The predicted octanol–water partition coefficient (Wildman–Crippen LogP) is 2.36. The summed E-state index contributed by atoms with van der Waals surface area (Å²) in [6.45, 7) is 5.77. The van der Waals surface area contributed by atoms with Crippen LogP contribution in [-0.4, -0.2) is 11.2 Å². The van der Waals surface area contributed by atoms with Crippen molar-refractivity contribution in [2.24, 2.45) is 17.8 Å². The molecule has 4 unspecified atom stereocenters. The lowest BCUT2D eigenvalue weighted by Gasteiger charge is -2.26. The van der Waals surface area contributed by atoms with Crippen molar-refractivity contribution < 1.29 is 5.11 Å². The van der Waals surface area contributed by atoms with Crippen molar-refractivity contribution in [2.75, 3.05) is 0 Å². The van der Waals surface area contributed by atoms with Gasteiger partial charge in [0.2, 0.25) is 0 Å². The third kappa shape index (κ3) is 1.20. The van der Waals surface area contributed by atoms with Gasteiger partial charge in [-0.05, 0) is 43.9 Å². The summed E-state index contributed by atoms with van der Waals surface area (Å²) in [6.07, 6.45) is 5.15. The van der Waals surface area contributed by atoms with Crippen LogP contribution in [0.25, 0.3) is 0 Å². The van der Waals surface area contributed by atoms with Crippen molar-refractivity contribution in [3.63, 3.8) is 0 Å². The molecule has 2 aliphatic carbocycles. The van der Waals surface area contributed by atoms with E-state index in [1.807, 2.05) is 6.92 Å². The van der Waals surface area contributed by atoms with Gasteiger partial charge in [-0.3, -0.25) is 0 Å². The topological polar surface area (TPSA) is 20.2 Å². The van der Waals surface area contributed by atoms with E-state index in [9.17, 15) is 5.11 Å². The largest absolute Gasteiger partial charge is 0.388 e. The Balaban J connectivity index is 2.02. The zero-order valence-electron chi connectivity index (χ0n) is 7.79. The Morgan fingerprint density at radius 3 is 2.58 bits per heavy atom. The average Bonchev–Trinajstić information content (AvgIpc) is 2.62. The summed E-state index contributed by atoms with van der Waals surface area (Å²) < 4.78 is 0. The van der Waals surface area contributed by atoms with Gasteiger partial charge in [0.05, 0.1) is 6.10 Å². The second-order valence-corrected chi connectivity index (χ2v) is 4.63. The lowest BCUT2D eigenvalue weighted by molar-refractivity contribution is 0.105. The summed E-state index contributed by atoms with van der Waals surface area (Å²) in [7, 11) is 0. The number of aliphatic hydroxyl groups excluding tert-OH is 1. The summed E-state index contributed by atoms with van der Waals surface area (Å²) >= 11 is 0. The maximum Gasteiger partial charge on any atom is 0.0775 e. The molecule has 2 rings (SSSR count). The standard InChI is InChI=1S/C11H18O/c1-7(2)11(12)10-6-8-3-4-9(10)5-8/h8-12H,1,3-6H2,2H3. The minimum absolute atomic E-state index is 0.222. The molecule has 0 aromatic carbocycles. The van der Waals surface area contributed by atoms with Crippen molar-refractivity contribution in [2.45, 2.75) is 38.7 Å². The molecular formula is C11H18O. The molecule has 12 heavy (non-hydrogen) atoms. The second kappa shape index (κ2) is 2.88. The van der Waals surface area contributed by atoms with Crippen LogP contribution in [0, 0.1) is 17.8 Å². The van der Waals surface area contributed by atoms with Crippen molar-refractivity contribution in [3.8, 4) is 0 Å². The zero-order chi connectivity index (χ0) is 8.72. The Kier molecular flexibility index (Phi) is 1.99. The van der Waals surface area contributed by atoms with E-state index in [-0.39, 0.29) is 6.10 Å². The van der Waals surface area contributed by atoms with Crippen molar-refractivity contribution in [1.29, 1.82) is 0 Å². The normalized spacial score (nSPS) is 41.7. The first-order valence-electron chi connectivity index (χ1n) is 5.02. The van der Waals surface area contributed by atoms with Crippen molar-refractivity contribution >= 4 is 0 Å². The van der Waals surface area contributed by atoms with Crippen LogP contribution in [0.2, 0.25) is 0 Å². The maximum absolute atomic E-state index is 9.85. The molecule has 4 atom stereocenters.